The Balaban J connectivity index is 1.88. The largest absolute Gasteiger partial charge is 0.573 e. The lowest BCUT2D eigenvalue weighted by Crippen LogP contribution is -2.52. The van der Waals surface area contributed by atoms with E-state index in [9.17, 15) is 26.4 Å². The van der Waals surface area contributed by atoms with E-state index in [4.69, 9.17) is 0 Å². The van der Waals surface area contributed by atoms with Gasteiger partial charge in [-0.15, -0.1) is 13.2 Å². The monoisotopic (exact) mass is 422 g/mol. The zero-order chi connectivity index (χ0) is 21.1. The van der Waals surface area contributed by atoms with Crippen molar-refractivity contribution in [3.63, 3.8) is 0 Å². The number of amides is 1. The van der Waals surface area contributed by atoms with E-state index in [2.05, 4.69) is 9.64 Å². The number of alkyl halides is 3. The lowest BCUT2D eigenvalue weighted by atomic mass is 10.2. The van der Waals surface area contributed by atoms with Crippen LogP contribution in [0.15, 0.2) is 24.3 Å². The molecule has 0 saturated carbocycles. The van der Waals surface area contributed by atoms with E-state index in [0.717, 1.165) is 5.56 Å². The van der Waals surface area contributed by atoms with Gasteiger partial charge in [0.2, 0.25) is 5.91 Å². The van der Waals surface area contributed by atoms with Crippen molar-refractivity contribution >= 4 is 15.7 Å². The molecular formula is C18H25F3N2O4S. The predicted octanol–water partition coefficient (Wildman–Crippen LogP) is 2.44. The van der Waals surface area contributed by atoms with E-state index < -0.39 is 26.7 Å². The maximum absolute atomic E-state index is 12.5. The summed E-state index contributed by atoms with van der Waals surface area (Å²) >= 11 is 0. The fourth-order valence-electron chi connectivity index (χ4n) is 2.99. The van der Waals surface area contributed by atoms with Gasteiger partial charge in [-0.3, -0.25) is 9.69 Å². The summed E-state index contributed by atoms with van der Waals surface area (Å²) in [6, 6.07) is 5.66. The highest BCUT2D eigenvalue weighted by molar-refractivity contribution is 7.93. The first-order chi connectivity index (χ1) is 12.9. The van der Waals surface area contributed by atoms with Crippen molar-refractivity contribution in [2.24, 2.45) is 0 Å². The van der Waals surface area contributed by atoms with Gasteiger partial charge in [-0.1, -0.05) is 12.1 Å². The van der Waals surface area contributed by atoms with E-state index in [1.165, 1.54) is 19.1 Å². The molecule has 1 unspecified atom stereocenters. The number of sulfone groups is 1. The van der Waals surface area contributed by atoms with Crippen LogP contribution in [-0.4, -0.2) is 67.2 Å². The molecule has 2 rings (SSSR count). The lowest BCUT2D eigenvalue weighted by Gasteiger charge is -2.36. The lowest BCUT2D eigenvalue weighted by molar-refractivity contribution is -0.274. The second kappa shape index (κ2) is 8.69. The molecule has 0 aromatic heterocycles. The topological polar surface area (TPSA) is 66.9 Å². The molecule has 1 amide bonds. The van der Waals surface area contributed by atoms with Crippen molar-refractivity contribution < 1.29 is 31.1 Å². The maximum atomic E-state index is 12.5. The average Bonchev–Trinajstić information content (AvgIpc) is 2.61. The number of halogens is 3. The Morgan fingerprint density at radius 1 is 1.07 bits per heavy atom. The van der Waals surface area contributed by atoms with Crippen LogP contribution in [0.2, 0.25) is 0 Å². The Bertz CT molecular complexity index is 771. The van der Waals surface area contributed by atoms with Gasteiger partial charge in [-0.05, 0) is 38.5 Å². The molecule has 1 aromatic rings. The van der Waals surface area contributed by atoms with Gasteiger partial charge in [0.05, 0.1) is 5.25 Å². The molecule has 0 bridgehead atoms. The van der Waals surface area contributed by atoms with Crippen LogP contribution in [0.1, 0.15) is 26.3 Å². The van der Waals surface area contributed by atoms with Crippen LogP contribution in [0.5, 0.6) is 5.75 Å². The van der Waals surface area contributed by atoms with Crippen molar-refractivity contribution in [2.45, 2.75) is 44.2 Å². The number of hydrogen-bond donors (Lipinski definition) is 0. The standard InChI is InChI=1S/C18H25F3N2O4S/c1-13(2)28(25,26)14(3)17(24)23-10-8-22(9-11-23)12-15-4-6-16(7-5-15)27-18(19,20)21/h4-7,13-14H,8-12H2,1-3H3. The molecule has 1 heterocycles. The van der Waals surface area contributed by atoms with Crippen LogP contribution < -0.4 is 4.74 Å². The minimum absolute atomic E-state index is 0.271. The van der Waals surface area contributed by atoms with Crippen LogP contribution in [0.3, 0.4) is 0 Å². The molecular weight excluding hydrogens is 397 g/mol. The molecule has 1 saturated heterocycles. The Kier molecular flexibility index (Phi) is 6.97. The molecule has 1 aliphatic rings. The van der Waals surface area contributed by atoms with E-state index in [0.29, 0.717) is 32.7 Å². The Morgan fingerprint density at radius 3 is 2.07 bits per heavy atom. The zero-order valence-corrected chi connectivity index (χ0v) is 16.9. The van der Waals surface area contributed by atoms with Crippen molar-refractivity contribution in [3.05, 3.63) is 29.8 Å². The highest BCUT2D eigenvalue weighted by atomic mass is 32.2. The van der Waals surface area contributed by atoms with Gasteiger partial charge in [0.25, 0.3) is 0 Å². The summed E-state index contributed by atoms with van der Waals surface area (Å²) in [7, 11) is -3.50. The van der Waals surface area contributed by atoms with Gasteiger partial charge >= 0.3 is 6.36 Å². The molecule has 0 aliphatic carbocycles. The number of piperazine rings is 1. The van der Waals surface area contributed by atoms with Gasteiger partial charge < -0.3 is 9.64 Å². The minimum Gasteiger partial charge on any atom is -0.406 e. The highest BCUT2D eigenvalue weighted by Gasteiger charge is 2.35. The summed E-state index contributed by atoms with van der Waals surface area (Å²) in [4.78, 5) is 16.1. The second-order valence-electron chi connectivity index (χ2n) is 7.07. The zero-order valence-electron chi connectivity index (χ0n) is 16.1. The van der Waals surface area contributed by atoms with Crippen LogP contribution in [0.25, 0.3) is 0 Å². The van der Waals surface area contributed by atoms with Crippen molar-refractivity contribution in [1.82, 2.24) is 9.80 Å². The first-order valence-corrected chi connectivity index (χ1v) is 10.6. The molecule has 0 radical (unpaired) electrons. The van der Waals surface area contributed by atoms with Gasteiger partial charge in [0.1, 0.15) is 11.0 Å². The molecule has 28 heavy (non-hydrogen) atoms. The van der Waals surface area contributed by atoms with E-state index in [1.54, 1.807) is 30.9 Å². The number of benzene rings is 1. The first kappa shape index (κ1) is 22.5. The van der Waals surface area contributed by atoms with Gasteiger partial charge in [0.15, 0.2) is 9.84 Å². The average molecular weight is 422 g/mol. The third kappa shape index (κ3) is 5.84. The van der Waals surface area contributed by atoms with Crippen molar-refractivity contribution in [3.8, 4) is 5.75 Å². The molecule has 1 atom stereocenters. The Hall–Kier alpha value is -1.81. The molecule has 10 heteroatoms. The summed E-state index contributed by atoms with van der Waals surface area (Å²) in [5, 5.41) is -1.68. The molecule has 158 valence electrons. The van der Waals surface area contributed by atoms with Crippen LogP contribution in [0, 0.1) is 0 Å². The number of nitrogens with zero attached hydrogens (tertiary/aromatic N) is 2. The Morgan fingerprint density at radius 2 is 1.61 bits per heavy atom. The predicted molar refractivity (Wildman–Crippen MR) is 98.5 cm³/mol. The summed E-state index contributed by atoms with van der Waals surface area (Å²) in [5.41, 5.74) is 0.824. The number of rotatable bonds is 6. The molecule has 1 aliphatic heterocycles. The fraction of sp³-hybridized carbons (Fsp3) is 0.611. The van der Waals surface area contributed by atoms with Crippen molar-refractivity contribution in [2.75, 3.05) is 26.2 Å². The van der Waals surface area contributed by atoms with Crippen molar-refractivity contribution in [1.29, 1.82) is 0 Å². The fourth-order valence-corrected chi connectivity index (χ4v) is 4.23. The number of ether oxygens (including phenoxy) is 1. The number of carbonyl (C=O) groups excluding carboxylic acids is 1. The smallest absolute Gasteiger partial charge is 0.406 e. The first-order valence-electron chi connectivity index (χ1n) is 8.98. The molecule has 1 aromatic carbocycles. The number of hydrogen-bond acceptors (Lipinski definition) is 5. The highest BCUT2D eigenvalue weighted by Crippen LogP contribution is 2.23. The summed E-state index contributed by atoms with van der Waals surface area (Å²) in [6.45, 7) is 6.99. The maximum Gasteiger partial charge on any atom is 0.573 e. The molecule has 1 fully saturated rings. The normalized spacial score (nSPS) is 17.6. The number of carbonyl (C=O) groups is 1. The quantitative estimate of drug-likeness (QED) is 0.705. The summed E-state index contributed by atoms with van der Waals surface area (Å²) in [5.74, 6) is -0.658. The summed E-state index contributed by atoms with van der Waals surface area (Å²) < 4.78 is 64.8. The third-order valence-corrected chi connectivity index (χ3v) is 7.25. The minimum atomic E-state index is -4.72. The summed E-state index contributed by atoms with van der Waals surface area (Å²) in [6.07, 6.45) is -4.72. The van der Waals surface area contributed by atoms with E-state index in [-0.39, 0.29) is 11.7 Å². The van der Waals surface area contributed by atoms with E-state index >= 15 is 0 Å². The Labute approximate surface area is 163 Å². The third-order valence-electron chi connectivity index (χ3n) is 4.74. The van der Waals surface area contributed by atoms with Crippen LogP contribution >= 0.6 is 0 Å². The van der Waals surface area contributed by atoms with Gasteiger partial charge in [0, 0.05) is 32.7 Å². The van der Waals surface area contributed by atoms with Crippen LogP contribution in [0.4, 0.5) is 13.2 Å². The molecule has 0 spiro atoms. The van der Waals surface area contributed by atoms with Crippen LogP contribution in [-0.2, 0) is 21.2 Å². The van der Waals surface area contributed by atoms with Gasteiger partial charge in [-0.2, -0.15) is 0 Å². The van der Waals surface area contributed by atoms with Gasteiger partial charge in [-0.25, -0.2) is 8.42 Å². The molecule has 0 N–H and O–H groups in total. The van der Waals surface area contributed by atoms with E-state index in [1.807, 2.05) is 0 Å². The SMILES string of the molecule is CC(C)S(=O)(=O)C(C)C(=O)N1CCN(Cc2ccc(OC(F)(F)F)cc2)CC1. The second-order valence-corrected chi connectivity index (χ2v) is 9.90. The molecule has 6 nitrogen and oxygen atoms in total.